The molecule has 1 atom stereocenters. The van der Waals surface area contributed by atoms with Crippen LogP contribution < -0.4 is 10.1 Å². The van der Waals surface area contributed by atoms with Gasteiger partial charge in [0.15, 0.2) is 11.6 Å². The fourth-order valence-corrected chi connectivity index (χ4v) is 1.84. The van der Waals surface area contributed by atoms with Crippen LogP contribution in [0, 0.1) is 11.6 Å². The van der Waals surface area contributed by atoms with Crippen LogP contribution in [0.25, 0.3) is 0 Å². The zero-order valence-corrected chi connectivity index (χ0v) is 11.5. The molecule has 4 heteroatoms. The summed E-state index contributed by atoms with van der Waals surface area (Å²) in [5.74, 6) is -1.09. The van der Waals surface area contributed by atoms with Gasteiger partial charge in [0.05, 0.1) is 0 Å². The minimum absolute atomic E-state index is 0.00449. The Bertz CT molecular complexity index is 569. The van der Waals surface area contributed by atoms with Gasteiger partial charge in [-0.05, 0) is 37.7 Å². The van der Waals surface area contributed by atoms with E-state index >= 15 is 0 Å². The Morgan fingerprint density at radius 3 is 2.45 bits per heavy atom. The van der Waals surface area contributed by atoms with Gasteiger partial charge in [0.2, 0.25) is 0 Å². The maximum Gasteiger partial charge on any atom is 0.165 e. The van der Waals surface area contributed by atoms with Crippen molar-refractivity contribution in [2.24, 2.45) is 0 Å². The number of halogens is 2. The van der Waals surface area contributed by atoms with Crippen molar-refractivity contribution in [3.63, 3.8) is 0 Å². The molecule has 0 aromatic heterocycles. The Balaban J connectivity index is 2.02. The van der Waals surface area contributed by atoms with Crippen LogP contribution in [-0.2, 0) is 6.61 Å². The lowest BCUT2D eigenvalue weighted by atomic mass is 10.1. The van der Waals surface area contributed by atoms with E-state index in [-0.39, 0.29) is 18.2 Å². The predicted octanol–water partition coefficient (Wildman–Crippen LogP) is 3.82. The lowest BCUT2D eigenvalue weighted by molar-refractivity contribution is 0.297. The largest absolute Gasteiger partial charge is 0.489 e. The zero-order chi connectivity index (χ0) is 14.5. The lowest BCUT2D eigenvalue weighted by Gasteiger charge is -2.12. The molecule has 0 heterocycles. The summed E-state index contributed by atoms with van der Waals surface area (Å²) in [4.78, 5) is 0. The number of hydrogen-bond donors (Lipinski definition) is 1. The molecule has 0 aliphatic carbocycles. The third-order valence-electron chi connectivity index (χ3n) is 3.24. The number of rotatable bonds is 5. The molecular formula is C16H17F2NO. The fourth-order valence-electron chi connectivity index (χ4n) is 1.84. The molecule has 0 aliphatic heterocycles. The van der Waals surface area contributed by atoms with Crippen LogP contribution in [0.3, 0.4) is 0 Å². The SMILES string of the molecule is CNC(C)c1ccc(OCc2cccc(F)c2F)cc1. The van der Waals surface area contributed by atoms with E-state index in [0.29, 0.717) is 5.75 Å². The van der Waals surface area contributed by atoms with E-state index < -0.39 is 11.6 Å². The first-order valence-electron chi connectivity index (χ1n) is 6.44. The highest BCUT2D eigenvalue weighted by atomic mass is 19.2. The number of ether oxygens (including phenoxy) is 1. The maximum absolute atomic E-state index is 13.5. The van der Waals surface area contributed by atoms with Crippen LogP contribution in [0.2, 0.25) is 0 Å². The minimum Gasteiger partial charge on any atom is -0.489 e. The molecule has 0 saturated carbocycles. The van der Waals surface area contributed by atoms with Crippen LogP contribution in [0.15, 0.2) is 42.5 Å². The van der Waals surface area contributed by atoms with Crippen molar-refractivity contribution in [3.05, 3.63) is 65.2 Å². The van der Waals surface area contributed by atoms with Gasteiger partial charge in [0, 0.05) is 11.6 Å². The Morgan fingerprint density at radius 1 is 1.10 bits per heavy atom. The van der Waals surface area contributed by atoms with Crippen molar-refractivity contribution < 1.29 is 13.5 Å². The van der Waals surface area contributed by atoms with Gasteiger partial charge < -0.3 is 10.1 Å². The molecule has 0 fully saturated rings. The first kappa shape index (κ1) is 14.5. The van der Waals surface area contributed by atoms with Crippen LogP contribution in [0.1, 0.15) is 24.1 Å². The Labute approximate surface area is 117 Å². The Hall–Kier alpha value is -1.94. The monoisotopic (exact) mass is 277 g/mol. The van der Waals surface area contributed by atoms with E-state index in [9.17, 15) is 8.78 Å². The Kier molecular flexibility index (Phi) is 4.69. The summed E-state index contributed by atoms with van der Waals surface area (Å²) in [5, 5.41) is 3.14. The number of hydrogen-bond acceptors (Lipinski definition) is 2. The third kappa shape index (κ3) is 3.33. The highest BCUT2D eigenvalue weighted by Gasteiger charge is 2.08. The molecule has 2 aromatic rings. The van der Waals surface area contributed by atoms with Gasteiger partial charge in [0.25, 0.3) is 0 Å². The smallest absolute Gasteiger partial charge is 0.165 e. The molecule has 20 heavy (non-hydrogen) atoms. The average Bonchev–Trinajstić information content (AvgIpc) is 2.48. The average molecular weight is 277 g/mol. The molecule has 2 aromatic carbocycles. The van der Waals surface area contributed by atoms with Crippen molar-refractivity contribution in [1.29, 1.82) is 0 Å². The molecule has 1 N–H and O–H groups in total. The minimum atomic E-state index is -0.857. The summed E-state index contributed by atoms with van der Waals surface area (Å²) < 4.78 is 32.0. The first-order chi connectivity index (χ1) is 9.61. The van der Waals surface area contributed by atoms with Crippen molar-refractivity contribution in [1.82, 2.24) is 5.32 Å². The molecular weight excluding hydrogens is 260 g/mol. The maximum atomic E-state index is 13.5. The van der Waals surface area contributed by atoms with Crippen LogP contribution in [0.4, 0.5) is 8.78 Å². The second kappa shape index (κ2) is 6.48. The van der Waals surface area contributed by atoms with E-state index in [1.165, 1.54) is 12.1 Å². The summed E-state index contributed by atoms with van der Waals surface area (Å²) in [6, 6.07) is 11.8. The molecule has 0 radical (unpaired) electrons. The second-order valence-electron chi connectivity index (χ2n) is 4.58. The van der Waals surface area contributed by atoms with Crippen LogP contribution in [0.5, 0.6) is 5.75 Å². The second-order valence-corrected chi connectivity index (χ2v) is 4.58. The van der Waals surface area contributed by atoms with Crippen molar-refractivity contribution in [2.45, 2.75) is 19.6 Å². The van der Waals surface area contributed by atoms with E-state index in [0.717, 1.165) is 11.6 Å². The molecule has 2 nitrogen and oxygen atoms in total. The molecule has 1 unspecified atom stereocenters. The quantitative estimate of drug-likeness (QED) is 0.897. The molecule has 2 rings (SSSR count). The van der Waals surface area contributed by atoms with Gasteiger partial charge in [-0.1, -0.05) is 24.3 Å². The molecule has 0 saturated heterocycles. The van der Waals surface area contributed by atoms with Gasteiger partial charge >= 0.3 is 0 Å². The van der Waals surface area contributed by atoms with Gasteiger partial charge in [0.1, 0.15) is 12.4 Å². The van der Waals surface area contributed by atoms with E-state index in [2.05, 4.69) is 12.2 Å². The van der Waals surface area contributed by atoms with Crippen LogP contribution >= 0.6 is 0 Å². The van der Waals surface area contributed by atoms with Gasteiger partial charge in [-0.25, -0.2) is 8.78 Å². The van der Waals surface area contributed by atoms with Crippen molar-refractivity contribution >= 4 is 0 Å². The molecule has 0 amide bonds. The van der Waals surface area contributed by atoms with Gasteiger partial charge in [-0.2, -0.15) is 0 Å². The van der Waals surface area contributed by atoms with E-state index in [1.54, 1.807) is 0 Å². The highest BCUT2D eigenvalue weighted by Crippen LogP contribution is 2.19. The number of nitrogens with one attached hydrogen (secondary N) is 1. The standard InChI is InChI=1S/C16H17F2NO/c1-11(19-2)12-6-8-14(9-7-12)20-10-13-4-3-5-15(17)16(13)18/h3-9,11,19H,10H2,1-2H3. The van der Waals surface area contributed by atoms with E-state index in [1.807, 2.05) is 31.3 Å². The molecule has 0 spiro atoms. The van der Waals surface area contributed by atoms with Crippen LogP contribution in [-0.4, -0.2) is 7.05 Å². The summed E-state index contributed by atoms with van der Waals surface area (Å²) in [7, 11) is 1.89. The Morgan fingerprint density at radius 2 is 1.80 bits per heavy atom. The summed E-state index contributed by atoms with van der Waals surface area (Å²) in [6.07, 6.45) is 0. The molecule has 106 valence electrons. The summed E-state index contributed by atoms with van der Waals surface area (Å²) >= 11 is 0. The third-order valence-corrected chi connectivity index (χ3v) is 3.24. The molecule has 0 aliphatic rings. The van der Waals surface area contributed by atoms with Gasteiger partial charge in [-0.15, -0.1) is 0 Å². The predicted molar refractivity (Wildman–Crippen MR) is 74.6 cm³/mol. The van der Waals surface area contributed by atoms with E-state index in [4.69, 9.17) is 4.74 Å². The first-order valence-corrected chi connectivity index (χ1v) is 6.44. The lowest BCUT2D eigenvalue weighted by Crippen LogP contribution is -2.11. The summed E-state index contributed by atoms with van der Waals surface area (Å²) in [5.41, 5.74) is 1.34. The van der Waals surface area contributed by atoms with Gasteiger partial charge in [-0.3, -0.25) is 0 Å². The molecule has 0 bridgehead atoms. The van der Waals surface area contributed by atoms with Crippen molar-refractivity contribution in [2.75, 3.05) is 7.05 Å². The topological polar surface area (TPSA) is 21.3 Å². The zero-order valence-electron chi connectivity index (χ0n) is 11.5. The fraction of sp³-hybridized carbons (Fsp3) is 0.250. The highest BCUT2D eigenvalue weighted by molar-refractivity contribution is 5.29. The normalized spacial score (nSPS) is 12.2. The van der Waals surface area contributed by atoms with Crippen molar-refractivity contribution in [3.8, 4) is 5.75 Å². The summed E-state index contributed by atoms with van der Waals surface area (Å²) in [6.45, 7) is 2.06. The number of benzene rings is 2.